The van der Waals surface area contributed by atoms with Crippen molar-refractivity contribution in [2.75, 3.05) is 26.7 Å². The van der Waals surface area contributed by atoms with Crippen LogP contribution >= 0.6 is 11.6 Å². The molecular formula is C16H23ClN2O. The summed E-state index contributed by atoms with van der Waals surface area (Å²) < 4.78 is 0. The van der Waals surface area contributed by atoms with Gasteiger partial charge < -0.3 is 9.80 Å². The molecule has 1 saturated heterocycles. The van der Waals surface area contributed by atoms with Crippen molar-refractivity contribution in [3.8, 4) is 0 Å². The van der Waals surface area contributed by atoms with E-state index in [1.54, 1.807) is 6.92 Å². The van der Waals surface area contributed by atoms with Gasteiger partial charge in [-0.3, -0.25) is 4.79 Å². The van der Waals surface area contributed by atoms with E-state index in [2.05, 4.69) is 24.1 Å². The number of amides is 1. The zero-order valence-electron chi connectivity index (χ0n) is 12.5. The second-order valence-corrected chi connectivity index (χ2v) is 6.31. The molecule has 110 valence electrons. The highest BCUT2D eigenvalue weighted by Crippen LogP contribution is 2.20. The quantitative estimate of drug-likeness (QED) is 0.852. The summed E-state index contributed by atoms with van der Waals surface area (Å²) in [6.45, 7) is 7.46. The second kappa shape index (κ2) is 6.59. The largest absolute Gasteiger partial charge is 0.343 e. The summed E-state index contributed by atoms with van der Waals surface area (Å²) in [5, 5.41) is 0.823. The van der Waals surface area contributed by atoms with Crippen LogP contribution in [0.4, 0.5) is 0 Å². The molecule has 0 bridgehead atoms. The molecule has 1 aliphatic rings. The smallest absolute Gasteiger partial charge is 0.219 e. The van der Waals surface area contributed by atoms with Crippen LogP contribution in [0.15, 0.2) is 18.2 Å². The van der Waals surface area contributed by atoms with E-state index in [0.29, 0.717) is 5.92 Å². The van der Waals surface area contributed by atoms with Gasteiger partial charge in [-0.25, -0.2) is 0 Å². The molecule has 4 heteroatoms. The minimum atomic E-state index is 0.198. The highest BCUT2D eigenvalue weighted by Gasteiger charge is 2.24. The standard InChI is InChI=1S/C16H23ClN2O/c1-12-8-14(4-5-16(12)17)9-18(3)10-15-6-7-19(11-15)13(2)20/h4-5,8,15H,6-7,9-11H2,1-3H3/t15-/m1/s1. The van der Waals surface area contributed by atoms with E-state index in [1.807, 2.05) is 17.9 Å². The molecule has 1 amide bonds. The van der Waals surface area contributed by atoms with Gasteiger partial charge in [0.05, 0.1) is 0 Å². The molecule has 0 unspecified atom stereocenters. The van der Waals surface area contributed by atoms with Crippen LogP contribution in [-0.4, -0.2) is 42.4 Å². The van der Waals surface area contributed by atoms with Gasteiger partial charge in [0.2, 0.25) is 5.91 Å². The number of hydrogen-bond donors (Lipinski definition) is 0. The van der Waals surface area contributed by atoms with Crippen molar-refractivity contribution < 1.29 is 4.79 Å². The third-order valence-corrected chi connectivity index (χ3v) is 4.40. The molecule has 1 aromatic carbocycles. The van der Waals surface area contributed by atoms with Crippen LogP contribution in [0.25, 0.3) is 0 Å². The fourth-order valence-corrected chi connectivity index (χ4v) is 3.01. The van der Waals surface area contributed by atoms with Gasteiger partial charge in [-0.05, 0) is 43.5 Å². The van der Waals surface area contributed by atoms with Crippen molar-refractivity contribution in [1.29, 1.82) is 0 Å². The Bertz CT molecular complexity index is 489. The summed E-state index contributed by atoms with van der Waals surface area (Å²) in [5.41, 5.74) is 2.41. The van der Waals surface area contributed by atoms with E-state index in [4.69, 9.17) is 11.6 Å². The first kappa shape index (κ1) is 15.3. The molecule has 1 fully saturated rings. The monoisotopic (exact) mass is 294 g/mol. The van der Waals surface area contributed by atoms with Crippen LogP contribution in [0.3, 0.4) is 0 Å². The Morgan fingerprint density at radius 3 is 2.85 bits per heavy atom. The van der Waals surface area contributed by atoms with Crippen molar-refractivity contribution in [3.05, 3.63) is 34.3 Å². The normalized spacial score (nSPS) is 18.9. The van der Waals surface area contributed by atoms with Crippen molar-refractivity contribution in [2.45, 2.75) is 26.8 Å². The maximum atomic E-state index is 11.3. The Morgan fingerprint density at radius 2 is 2.25 bits per heavy atom. The molecule has 0 saturated carbocycles. The number of benzene rings is 1. The summed E-state index contributed by atoms with van der Waals surface area (Å²) in [5.74, 6) is 0.792. The molecule has 0 spiro atoms. The van der Waals surface area contributed by atoms with E-state index >= 15 is 0 Å². The van der Waals surface area contributed by atoms with E-state index < -0.39 is 0 Å². The summed E-state index contributed by atoms with van der Waals surface area (Å²) in [6, 6.07) is 6.20. The van der Waals surface area contributed by atoms with E-state index in [-0.39, 0.29) is 5.91 Å². The van der Waals surface area contributed by atoms with Crippen LogP contribution in [-0.2, 0) is 11.3 Å². The molecule has 0 N–H and O–H groups in total. The van der Waals surface area contributed by atoms with Crippen molar-refractivity contribution in [1.82, 2.24) is 9.80 Å². The van der Waals surface area contributed by atoms with Crippen LogP contribution in [0.2, 0.25) is 5.02 Å². The highest BCUT2D eigenvalue weighted by molar-refractivity contribution is 6.31. The van der Waals surface area contributed by atoms with E-state index in [9.17, 15) is 4.79 Å². The van der Waals surface area contributed by atoms with Gasteiger partial charge in [0, 0.05) is 38.1 Å². The Morgan fingerprint density at radius 1 is 1.50 bits per heavy atom. The summed E-state index contributed by atoms with van der Waals surface area (Å²) in [4.78, 5) is 15.6. The highest BCUT2D eigenvalue weighted by atomic mass is 35.5. The number of likely N-dealkylation sites (tertiary alicyclic amines) is 1. The number of carbonyl (C=O) groups excluding carboxylic acids is 1. The molecule has 1 atom stereocenters. The maximum absolute atomic E-state index is 11.3. The van der Waals surface area contributed by atoms with Crippen LogP contribution in [0.1, 0.15) is 24.5 Å². The van der Waals surface area contributed by atoms with E-state index in [0.717, 1.165) is 43.2 Å². The molecule has 1 heterocycles. The molecule has 3 nitrogen and oxygen atoms in total. The van der Waals surface area contributed by atoms with Gasteiger partial charge in [0.25, 0.3) is 0 Å². The number of rotatable bonds is 4. The van der Waals surface area contributed by atoms with Gasteiger partial charge in [-0.15, -0.1) is 0 Å². The maximum Gasteiger partial charge on any atom is 0.219 e. The lowest BCUT2D eigenvalue weighted by atomic mass is 10.1. The van der Waals surface area contributed by atoms with Gasteiger partial charge >= 0.3 is 0 Å². The van der Waals surface area contributed by atoms with Gasteiger partial charge in [-0.1, -0.05) is 23.7 Å². The van der Waals surface area contributed by atoms with Crippen LogP contribution < -0.4 is 0 Å². The van der Waals surface area contributed by atoms with Gasteiger partial charge in [0.15, 0.2) is 0 Å². The number of hydrogen-bond acceptors (Lipinski definition) is 2. The third kappa shape index (κ3) is 3.97. The fraction of sp³-hybridized carbons (Fsp3) is 0.562. The molecule has 0 aromatic heterocycles. The Labute approximate surface area is 126 Å². The number of halogens is 1. The first-order valence-corrected chi connectivity index (χ1v) is 7.52. The summed E-state index contributed by atoms with van der Waals surface area (Å²) >= 11 is 6.05. The molecule has 1 aromatic rings. The predicted octanol–water partition coefficient (Wildman–Crippen LogP) is 2.95. The lowest BCUT2D eigenvalue weighted by molar-refractivity contribution is -0.127. The first-order valence-electron chi connectivity index (χ1n) is 7.15. The van der Waals surface area contributed by atoms with Crippen LogP contribution in [0.5, 0.6) is 0 Å². The number of aryl methyl sites for hydroxylation is 1. The van der Waals surface area contributed by atoms with Crippen molar-refractivity contribution >= 4 is 17.5 Å². The molecule has 2 rings (SSSR count). The Balaban J connectivity index is 1.85. The van der Waals surface area contributed by atoms with E-state index in [1.165, 1.54) is 5.56 Å². The average molecular weight is 295 g/mol. The molecular weight excluding hydrogens is 272 g/mol. The SMILES string of the molecule is CC(=O)N1CC[C@H](CN(C)Cc2ccc(Cl)c(C)c2)C1. The number of nitrogens with zero attached hydrogens (tertiary/aromatic N) is 2. The molecule has 1 aliphatic heterocycles. The fourth-order valence-electron chi connectivity index (χ4n) is 2.89. The lowest BCUT2D eigenvalue weighted by Crippen LogP contribution is -2.30. The first-order chi connectivity index (χ1) is 9.45. The molecule has 0 radical (unpaired) electrons. The summed E-state index contributed by atoms with van der Waals surface area (Å²) in [6.07, 6.45) is 1.11. The van der Waals surface area contributed by atoms with Gasteiger partial charge in [-0.2, -0.15) is 0 Å². The predicted molar refractivity (Wildman–Crippen MR) is 82.9 cm³/mol. The molecule has 20 heavy (non-hydrogen) atoms. The zero-order valence-corrected chi connectivity index (χ0v) is 13.3. The Hall–Kier alpha value is -1.06. The van der Waals surface area contributed by atoms with Crippen molar-refractivity contribution in [3.63, 3.8) is 0 Å². The second-order valence-electron chi connectivity index (χ2n) is 5.90. The lowest BCUT2D eigenvalue weighted by Gasteiger charge is -2.21. The summed E-state index contributed by atoms with van der Waals surface area (Å²) in [7, 11) is 2.14. The third-order valence-electron chi connectivity index (χ3n) is 3.98. The molecule has 0 aliphatic carbocycles. The number of carbonyl (C=O) groups is 1. The zero-order chi connectivity index (χ0) is 14.7. The topological polar surface area (TPSA) is 23.6 Å². The average Bonchev–Trinajstić information content (AvgIpc) is 2.82. The van der Waals surface area contributed by atoms with Crippen LogP contribution in [0, 0.1) is 12.8 Å². The van der Waals surface area contributed by atoms with Gasteiger partial charge in [0.1, 0.15) is 0 Å². The minimum absolute atomic E-state index is 0.198. The van der Waals surface area contributed by atoms with Crippen molar-refractivity contribution in [2.24, 2.45) is 5.92 Å². The minimum Gasteiger partial charge on any atom is -0.343 e. The Kier molecular flexibility index (Phi) is 5.06.